The van der Waals surface area contributed by atoms with Crippen LogP contribution in [0.25, 0.3) is 0 Å². The van der Waals surface area contributed by atoms with Gasteiger partial charge in [-0.15, -0.1) is 0 Å². The molecule has 3 aromatic rings. The summed E-state index contributed by atoms with van der Waals surface area (Å²) in [6.07, 6.45) is 1.67. The van der Waals surface area contributed by atoms with Crippen molar-refractivity contribution in [1.82, 2.24) is 14.6 Å². The molecule has 0 aliphatic rings. The van der Waals surface area contributed by atoms with E-state index in [1.807, 2.05) is 26.0 Å². The smallest absolute Gasteiger partial charge is 0.254 e. The highest BCUT2D eigenvalue weighted by molar-refractivity contribution is 7.99. The Morgan fingerprint density at radius 2 is 1.77 bits per heavy atom. The maximum Gasteiger partial charge on any atom is 0.254 e. The van der Waals surface area contributed by atoms with E-state index in [-0.39, 0.29) is 17.3 Å². The SMILES string of the molecule is Cc1ccc(Sc2ncccc2C(=O)NCc2ccc(S(=O)(=O)N(C)C)cc2)c(C)c1. The highest BCUT2D eigenvalue weighted by Gasteiger charge is 2.17. The van der Waals surface area contributed by atoms with Crippen molar-refractivity contribution in [2.24, 2.45) is 0 Å². The van der Waals surface area contributed by atoms with Crippen molar-refractivity contribution >= 4 is 27.7 Å². The lowest BCUT2D eigenvalue weighted by molar-refractivity contribution is 0.0947. The quantitative estimate of drug-likeness (QED) is 0.582. The van der Waals surface area contributed by atoms with Crippen LogP contribution in [0.15, 0.2) is 75.6 Å². The fourth-order valence-corrected chi connectivity index (χ4v) is 4.78. The summed E-state index contributed by atoms with van der Waals surface area (Å²) in [5.74, 6) is -0.231. The highest BCUT2D eigenvalue weighted by atomic mass is 32.2. The maximum absolute atomic E-state index is 12.8. The standard InChI is InChI=1S/C23H25N3O3S2/c1-16-7-12-21(17(2)14-16)30-23-20(6-5-13-24-23)22(27)25-15-18-8-10-19(11-9-18)31(28,29)26(3)4/h5-14H,15H2,1-4H3,(H,25,27). The van der Waals surface area contributed by atoms with Gasteiger partial charge in [0.25, 0.3) is 5.91 Å². The van der Waals surface area contributed by atoms with E-state index in [1.54, 1.807) is 42.6 Å². The van der Waals surface area contributed by atoms with E-state index >= 15 is 0 Å². The number of aryl methyl sites for hydroxylation is 2. The van der Waals surface area contributed by atoms with Gasteiger partial charge in [0.2, 0.25) is 10.0 Å². The number of hydrogen-bond acceptors (Lipinski definition) is 5. The van der Waals surface area contributed by atoms with Crippen LogP contribution < -0.4 is 5.32 Å². The maximum atomic E-state index is 12.8. The summed E-state index contributed by atoms with van der Waals surface area (Å²) in [7, 11) is -0.492. The molecule has 0 fully saturated rings. The number of nitrogens with one attached hydrogen (secondary N) is 1. The second-order valence-corrected chi connectivity index (χ2v) is 10.5. The lowest BCUT2D eigenvalue weighted by Crippen LogP contribution is -2.24. The monoisotopic (exact) mass is 455 g/mol. The number of hydrogen-bond donors (Lipinski definition) is 1. The van der Waals surface area contributed by atoms with E-state index in [9.17, 15) is 13.2 Å². The van der Waals surface area contributed by atoms with Crippen molar-refractivity contribution in [3.8, 4) is 0 Å². The minimum atomic E-state index is -3.47. The molecule has 0 atom stereocenters. The molecule has 162 valence electrons. The predicted octanol–water partition coefficient (Wildman–Crippen LogP) is 4.03. The van der Waals surface area contributed by atoms with Crippen LogP contribution in [-0.4, -0.2) is 37.7 Å². The number of sulfonamides is 1. The van der Waals surface area contributed by atoms with Gasteiger partial charge >= 0.3 is 0 Å². The van der Waals surface area contributed by atoms with Gasteiger partial charge in [-0.2, -0.15) is 0 Å². The van der Waals surface area contributed by atoms with Crippen LogP contribution in [0.1, 0.15) is 27.0 Å². The molecular formula is C23H25N3O3S2. The number of carbonyl (C=O) groups is 1. The summed E-state index contributed by atoms with van der Waals surface area (Å²) in [5, 5.41) is 3.53. The molecule has 2 aromatic carbocycles. The molecule has 0 bridgehead atoms. The molecule has 1 aromatic heterocycles. The van der Waals surface area contributed by atoms with E-state index in [0.29, 0.717) is 10.6 Å². The summed E-state index contributed by atoms with van der Waals surface area (Å²) < 4.78 is 25.5. The molecule has 1 N–H and O–H groups in total. The van der Waals surface area contributed by atoms with Crippen LogP contribution >= 0.6 is 11.8 Å². The van der Waals surface area contributed by atoms with Crippen molar-refractivity contribution in [1.29, 1.82) is 0 Å². The first-order chi connectivity index (χ1) is 14.7. The Labute approximate surface area is 187 Å². The molecule has 0 saturated heterocycles. The summed E-state index contributed by atoms with van der Waals surface area (Å²) in [5.41, 5.74) is 3.62. The van der Waals surface area contributed by atoms with Crippen LogP contribution in [0.5, 0.6) is 0 Å². The summed E-state index contributed by atoms with van der Waals surface area (Å²) in [4.78, 5) is 18.5. The topological polar surface area (TPSA) is 79.4 Å². The average Bonchev–Trinajstić information content (AvgIpc) is 2.74. The molecule has 1 heterocycles. The molecule has 6 nitrogen and oxygen atoms in total. The fourth-order valence-electron chi connectivity index (χ4n) is 2.93. The largest absolute Gasteiger partial charge is 0.348 e. The lowest BCUT2D eigenvalue weighted by Gasteiger charge is -2.12. The normalized spacial score (nSPS) is 11.5. The van der Waals surface area contributed by atoms with Crippen molar-refractivity contribution in [3.05, 3.63) is 83.0 Å². The second kappa shape index (κ2) is 9.64. The number of rotatable bonds is 7. The van der Waals surface area contributed by atoms with Crippen molar-refractivity contribution < 1.29 is 13.2 Å². The molecular weight excluding hydrogens is 430 g/mol. The lowest BCUT2D eigenvalue weighted by atomic mass is 10.2. The third-order valence-corrected chi connectivity index (χ3v) is 7.73. The predicted molar refractivity (Wildman–Crippen MR) is 123 cm³/mol. The molecule has 0 spiro atoms. The molecule has 1 amide bonds. The fraction of sp³-hybridized carbons (Fsp3) is 0.217. The summed E-state index contributed by atoms with van der Waals surface area (Å²) >= 11 is 1.46. The Bertz CT molecular complexity index is 1190. The van der Waals surface area contributed by atoms with Crippen LogP contribution in [0.4, 0.5) is 0 Å². The Morgan fingerprint density at radius 1 is 1.06 bits per heavy atom. The average molecular weight is 456 g/mol. The van der Waals surface area contributed by atoms with Crippen molar-refractivity contribution in [2.45, 2.75) is 35.2 Å². The molecule has 3 rings (SSSR count). The van der Waals surface area contributed by atoms with Gasteiger partial charge in [0, 0.05) is 31.7 Å². The van der Waals surface area contributed by atoms with Crippen molar-refractivity contribution in [2.75, 3.05) is 14.1 Å². The number of aromatic nitrogens is 1. The molecule has 0 unspecified atom stereocenters. The number of amides is 1. The first-order valence-corrected chi connectivity index (χ1v) is 11.9. The molecule has 31 heavy (non-hydrogen) atoms. The molecule has 0 radical (unpaired) electrons. The Morgan fingerprint density at radius 3 is 2.42 bits per heavy atom. The zero-order chi connectivity index (χ0) is 22.6. The summed E-state index contributed by atoms with van der Waals surface area (Å²) in [6.45, 7) is 4.37. The van der Waals surface area contributed by atoms with E-state index < -0.39 is 10.0 Å². The first-order valence-electron chi connectivity index (χ1n) is 9.68. The highest BCUT2D eigenvalue weighted by Crippen LogP contribution is 2.31. The molecule has 0 aliphatic heterocycles. The Balaban J connectivity index is 1.72. The number of benzene rings is 2. The van der Waals surface area contributed by atoms with Gasteiger partial charge in [-0.3, -0.25) is 4.79 Å². The Kier molecular flexibility index (Phi) is 7.15. The van der Waals surface area contributed by atoms with E-state index in [0.717, 1.165) is 16.0 Å². The van der Waals surface area contributed by atoms with Crippen LogP contribution in [-0.2, 0) is 16.6 Å². The van der Waals surface area contributed by atoms with Crippen LogP contribution in [0, 0.1) is 13.8 Å². The van der Waals surface area contributed by atoms with Crippen molar-refractivity contribution in [3.63, 3.8) is 0 Å². The van der Waals surface area contributed by atoms with Crippen LogP contribution in [0.3, 0.4) is 0 Å². The van der Waals surface area contributed by atoms with E-state index in [4.69, 9.17) is 0 Å². The Hall–Kier alpha value is -2.68. The van der Waals surface area contributed by atoms with E-state index in [2.05, 4.69) is 16.4 Å². The minimum Gasteiger partial charge on any atom is -0.348 e. The number of pyridine rings is 1. The minimum absolute atomic E-state index is 0.215. The third kappa shape index (κ3) is 5.52. The molecule has 0 saturated carbocycles. The van der Waals surface area contributed by atoms with Gasteiger partial charge in [0.1, 0.15) is 5.03 Å². The first kappa shape index (κ1) is 23.0. The zero-order valence-corrected chi connectivity index (χ0v) is 19.5. The zero-order valence-electron chi connectivity index (χ0n) is 17.9. The van der Waals surface area contributed by atoms with Gasteiger partial charge in [-0.1, -0.05) is 41.6 Å². The van der Waals surface area contributed by atoms with E-state index in [1.165, 1.54) is 35.7 Å². The van der Waals surface area contributed by atoms with Gasteiger partial charge < -0.3 is 5.32 Å². The van der Waals surface area contributed by atoms with Gasteiger partial charge in [0.05, 0.1) is 10.5 Å². The molecule has 0 aliphatic carbocycles. The van der Waals surface area contributed by atoms with Crippen LogP contribution in [0.2, 0.25) is 0 Å². The van der Waals surface area contributed by atoms with Gasteiger partial charge in [-0.05, 0) is 55.3 Å². The summed E-state index contributed by atoms with van der Waals surface area (Å²) in [6, 6.07) is 16.2. The van der Waals surface area contributed by atoms with Gasteiger partial charge in [0.15, 0.2) is 0 Å². The second-order valence-electron chi connectivity index (χ2n) is 7.34. The van der Waals surface area contributed by atoms with Gasteiger partial charge in [-0.25, -0.2) is 17.7 Å². The molecule has 8 heteroatoms. The number of nitrogens with zero attached hydrogens (tertiary/aromatic N) is 2. The number of carbonyl (C=O) groups excluding carboxylic acids is 1. The third-order valence-electron chi connectivity index (χ3n) is 4.71.